The average molecular weight is 536 g/mol. The summed E-state index contributed by atoms with van der Waals surface area (Å²) in [4.78, 5) is 12.5. The van der Waals surface area contributed by atoms with E-state index in [1.807, 2.05) is 18.2 Å². The van der Waals surface area contributed by atoms with E-state index in [1.54, 1.807) is 6.07 Å². The molecule has 1 aliphatic rings. The van der Waals surface area contributed by atoms with Gasteiger partial charge < -0.3 is 9.84 Å². The SMILES string of the molecule is Cc1noc(/C=C/c2ccc(F)cc2F)c1S(=O)(=O)N1CCC(C(=O)NCc2ccccc2Cl)CC1. The van der Waals surface area contributed by atoms with Crippen LogP contribution in [0.1, 0.15) is 35.4 Å². The summed E-state index contributed by atoms with van der Waals surface area (Å²) >= 11 is 6.13. The Labute approximate surface area is 212 Å². The van der Waals surface area contributed by atoms with Gasteiger partial charge in [-0.05, 0) is 55.7 Å². The molecule has 0 atom stereocenters. The molecule has 0 unspecified atom stereocenters. The summed E-state index contributed by atoms with van der Waals surface area (Å²) in [5.74, 6) is -2.05. The number of hydrogen-bond donors (Lipinski definition) is 1. The van der Waals surface area contributed by atoms with E-state index in [1.165, 1.54) is 29.4 Å². The fourth-order valence-electron chi connectivity index (χ4n) is 4.06. The fraction of sp³-hybridized carbons (Fsp3) is 0.280. The molecule has 1 saturated heterocycles. The monoisotopic (exact) mass is 535 g/mol. The van der Waals surface area contributed by atoms with Crippen LogP contribution < -0.4 is 5.32 Å². The molecule has 2 aromatic carbocycles. The molecule has 0 radical (unpaired) electrons. The van der Waals surface area contributed by atoms with E-state index in [0.29, 0.717) is 24.4 Å². The van der Waals surface area contributed by atoms with Crippen LogP contribution in [-0.4, -0.2) is 36.9 Å². The number of nitrogens with zero attached hydrogens (tertiary/aromatic N) is 2. The van der Waals surface area contributed by atoms with Crippen LogP contribution in [0.4, 0.5) is 8.78 Å². The Morgan fingerprint density at radius 3 is 2.61 bits per heavy atom. The third-order valence-electron chi connectivity index (χ3n) is 6.04. The Bertz CT molecular complexity index is 1400. The van der Waals surface area contributed by atoms with E-state index in [2.05, 4.69) is 10.5 Å². The maximum atomic E-state index is 14.0. The largest absolute Gasteiger partial charge is 0.355 e. The van der Waals surface area contributed by atoms with Crippen LogP contribution in [0.15, 0.2) is 51.9 Å². The van der Waals surface area contributed by atoms with Crippen LogP contribution in [0.2, 0.25) is 5.02 Å². The number of aryl methyl sites for hydroxylation is 1. The maximum Gasteiger partial charge on any atom is 0.248 e. The Balaban J connectivity index is 1.42. The van der Waals surface area contributed by atoms with Gasteiger partial charge >= 0.3 is 0 Å². The summed E-state index contributed by atoms with van der Waals surface area (Å²) in [6.07, 6.45) is 3.29. The quantitative estimate of drug-likeness (QED) is 0.469. The van der Waals surface area contributed by atoms with Crippen LogP contribution >= 0.6 is 11.6 Å². The normalized spacial score (nSPS) is 15.4. The number of carbonyl (C=O) groups is 1. The summed E-state index contributed by atoms with van der Waals surface area (Å²) < 4.78 is 60.4. The summed E-state index contributed by atoms with van der Waals surface area (Å²) in [6.45, 7) is 2.09. The molecule has 1 amide bonds. The Morgan fingerprint density at radius 1 is 1.19 bits per heavy atom. The minimum absolute atomic E-state index is 0.0594. The van der Waals surface area contributed by atoms with Crippen molar-refractivity contribution >= 4 is 39.7 Å². The summed E-state index contributed by atoms with van der Waals surface area (Å²) in [5.41, 5.74) is 1.03. The van der Waals surface area contributed by atoms with Crippen molar-refractivity contribution in [3.63, 3.8) is 0 Å². The molecule has 1 fully saturated rings. The maximum absolute atomic E-state index is 14.0. The number of hydrogen-bond acceptors (Lipinski definition) is 5. The minimum atomic E-state index is -3.99. The van der Waals surface area contributed by atoms with Crippen molar-refractivity contribution in [2.24, 2.45) is 5.92 Å². The number of benzene rings is 2. The van der Waals surface area contributed by atoms with Gasteiger partial charge in [0.05, 0.1) is 0 Å². The molecular formula is C25H24ClF2N3O4S. The molecule has 190 valence electrons. The van der Waals surface area contributed by atoms with Crippen molar-refractivity contribution in [3.8, 4) is 0 Å². The number of piperidine rings is 1. The van der Waals surface area contributed by atoms with Gasteiger partial charge in [0.25, 0.3) is 0 Å². The molecule has 2 heterocycles. The van der Waals surface area contributed by atoms with Crippen LogP contribution in [0, 0.1) is 24.5 Å². The van der Waals surface area contributed by atoms with Crippen molar-refractivity contribution < 1.29 is 26.5 Å². The van der Waals surface area contributed by atoms with Crippen LogP contribution in [0.25, 0.3) is 12.2 Å². The number of sulfonamides is 1. The lowest BCUT2D eigenvalue weighted by atomic mass is 9.97. The minimum Gasteiger partial charge on any atom is -0.355 e. The predicted molar refractivity (Wildman–Crippen MR) is 131 cm³/mol. The lowest BCUT2D eigenvalue weighted by molar-refractivity contribution is -0.126. The Kier molecular flexibility index (Phi) is 7.87. The van der Waals surface area contributed by atoms with E-state index in [0.717, 1.165) is 17.7 Å². The topological polar surface area (TPSA) is 92.5 Å². The third-order valence-corrected chi connectivity index (χ3v) is 8.47. The summed E-state index contributed by atoms with van der Waals surface area (Å²) in [7, 11) is -3.99. The second kappa shape index (κ2) is 10.9. The molecule has 3 aromatic rings. The van der Waals surface area contributed by atoms with Crippen molar-refractivity contribution in [1.82, 2.24) is 14.8 Å². The molecule has 0 aliphatic carbocycles. The zero-order valence-corrected chi connectivity index (χ0v) is 21.0. The first-order valence-corrected chi connectivity index (χ1v) is 13.1. The Morgan fingerprint density at radius 2 is 1.92 bits per heavy atom. The highest BCUT2D eigenvalue weighted by Gasteiger charge is 2.35. The molecule has 36 heavy (non-hydrogen) atoms. The number of aromatic nitrogens is 1. The number of halogens is 3. The van der Waals surface area contributed by atoms with Crippen molar-refractivity contribution in [2.75, 3.05) is 13.1 Å². The molecule has 4 rings (SSSR count). The van der Waals surface area contributed by atoms with E-state index in [4.69, 9.17) is 16.1 Å². The molecule has 7 nitrogen and oxygen atoms in total. The zero-order chi connectivity index (χ0) is 25.9. The molecular weight excluding hydrogens is 512 g/mol. The molecule has 1 aromatic heterocycles. The smallest absolute Gasteiger partial charge is 0.248 e. The lowest BCUT2D eigenvalue weighted by Gasteiger charge is -2.30. The van der Waals surface area contributed by atoms with Gasteiger partial charge in [-0.25, -0.2) is 17.2 Å². The van der Waals surface area contributed by atoms with Crippen LogP contribution in [-0.2, 0) is 21.4 Å². The first kappa shape index (κ1) is 26.0. The second-order valence-electron chi connectivity index (χ2n) is 8.45. The van der Waals surface area contributed by atoms with Gasteiger partial charge in [-0.15, -0.1) is 0 Å². The predicted octanol–water partition coefficient (Wildman–Crippen LogP) is 4.80. The number of amides is 1. The lowest BCUT2D eigenvalue weighted by Crippen LogP contribution is -2.43. The Hall–Kier alpha value is -3.08. The highest BCUT2D eigenvalue weighted by atomic mass is 35.5. The van der Waals surface area contributed by atoms with Crippen LogP contribution in [0.3, 0.4) is 0 Å². The van der Waals surface area contributed by atoms with Crippen LogP contribution in [0.5, 0.6) is 0 Å². The van der Waals surface area contributed by atoms with E-state index >= 15 is 0 Å². The van der Waals surface area contributed by atoms with Crippen molar-refractivity contribution in [1.29, 1.82) is 0 Å². The molecule has 1 aliphatic heterocycles. The third kappa shape index (κ3) is 5.66. The van der Waals surface area contributed by atoms with E-state index in [9.17, 15) is 22.0 Å². The highest BCUT2D eigenvalue weighted by Crippen LogP contribution is 2.29. The first-order valence-electron chi connectivity index (χ1n) is 11.3. The first-order chi connectivity index (χ1) is 17.2. The van der Waals surface area contributed by atoms with Gasteiger partial charge in [-0.2, -0.15) is 4.31 Å². The van der Waals surface area contributed by atoms with Gasteiger partial charge in [0.1, 0.15) is 17.3 Å². The fourth-order valence-corrected chi connectivity index (χ4v) is 5.98. The molecule has 11 heteroatoms. The number of rotatable bonds is 7. The van der Waals surface area contributed by atoms with E-state index < -0.39 is 21.7 Å². The summed E-state index contributed by atoms with van der Waals surface area (Å²) in [6, 6.07) is 10.3. The van der Waals surface area contributed by atoms with E-state index in [-0.39, 0.29) is 46.8 Å². The van der Waals surface area contributed by atoms with Gasteiger partial charge in [0.2, 0.25) is 15.9 Å². The zero-order valence-electron chi connectivity index (χ0n) is 19.4. The van der Waals surface area contributed by atoms with Gasteiger partial charge in [0, 0.05) is 42.2 Å². The average Bonchev–Trinajstić information content (AvgIpc) is 3.24. The number of carbonyl (C=O) groups excluding carboxylic acids is 1. The van der Waals surface area contributed by atoms with Gasteiger partial charge in [-0.3, -0.25) is 4.79 Å². The highest BCUT2D eigenvalue weighted by molar-refractivity contribution is 7.89. The summed E-state index contributed by atoms with van der Waals surface area (Å²) in [5, 5.41) is 7.20. The second-order valence-corrected chi connectivity index (χ2v) is 10.7. The van der Waals surface area contributed by atoms with Gasteiger partial charge in [0.15, 0.2) is 10.7 Å². The van der Waals surface area contributed by atoms with Crippen molar-refractivity contribution in [2.45, 2.75) is 31.2 Å². The molecule has 0 bridgehead atoms. The van der Waals surface area contributed by atoms with Crippen molar-refractivity contribution in [3.05, 3.63) is 81.7 Å². The molecule has 0 spiro atoms. The van der Waals surface area contributed by atoms with Gasteiger partial charge in [-0.1, -0.05) is 35.0 Å². The standard InChI is InChI=1S/C25H24ClF2N3O4S/c1-16-24(23(35-30-16)9-7-17-6-8-20(27)14-22(17)28)36(33,34)31-12-10-18(11-13-31)25(32)29-15-19-4-2-3-5-21(19)26/h2-9,14,18H,10-13,15H2,1H3,(H,29,32)/b9-7+. The molecule has 1 N–H and O–H groups in total. The molecule has 0 saturated carbocycles. The number of nitrogens with one attached hydrogen (secondary N) is 1.